The second kappa shape index (κ2) is 6.70. The fraction of sp³-hybridized carbons (Fsp3) is 0.176. The summed E-state index contributed by atoms with van der Waals surface area (Å²) in [5, 5.41) is 3.17. The minimum Gasteiger partial charge on any atom is -0.298 e. The number of hydrogen-bond donors (Lipinski definition) is 1. The van der Waals surface area contributed by atoms with Crippen LogP contribution >= 0.6 is 22.7 Å². The lowest BCUT2D eigenvalue weighted by Crippen LogP contribution is -2.15. The number of sulfone groups is 1. The molecule has 0 aliphatic rings. The number of hydrogen-bond acceptors (Lipinski definition) is 6. The Morgan fingerprint density at radius 1 is 1.08 bits per heavy atom. The summed E-state index contributed by atoms with van der Waals surface area (Å²) >= 11 is 3.01. The van der Waals surface area contributed by atoms with E-state index in [-0.39, 0.29) is 10.5 Å². The predicted molar refractivity (Wildman–Crippen MR) is 102 cm³/mol. The highest BCUT2D eigenvalue weighted by Crippen LogP contribution is 2.34. The van der Waals surface area contributed by atoms with Crippen molar-refractivity contribution in [2.24, 2.45) is 0 Å². The molecule has 2 aromatic heterocycles. The van der Waals surface area contributed by atoms with Gasteiger partial charge in [-0.15, -0.1) is 22.7 Å². The molecule has 0 fully saturated rings. The smallest absolute Gasteiger partial charge is 0.258 e. The molecule has 0 saturated heterocycles. The van der Waals surface area contributed by atoms with E-state index < -0.39 is 15.7 Å². The van der Waals surface area contributed by atoms with Crippen molar-refractivity contribution in [2.45, 2.75) is 18.7 Å². The average Bonchev–Trinajstić information content (AvgIpc) is 3.12. The Labute approximate surface area is 154 Å². The third-order valence-corrected chi connectivity index (χ3v) is 6.57. The van der Waals surface area contributed by atoms with Gasteiger partial charge in [0.15, 0.2) is 15.0 Å². The largest absolute Gasteiger partial charge is 0.298 e. The second-order valence-corrected chi connectivity index (χ2v) is 10.0. The summed E-state index contributed by atoms with van der Waals surface area (Å²) in [4.78, 5) is 20.3. The Morgan fingerprint density at radius 2 is 1.80 bits per heavy atom. The SMILES string of the molecule is Cc1ccc(-c2nc(NC(=O)c3ccccc3S(C)(=O)=O)sc2C)s1. The second-order valence-electron chi connectivity index (χ2n) is 5.56. The molecular weight excluding hydrogens is 376 g/mol. The number of thiophene rings is 1. The monoisotopic (exact) mass is 392 g/mol. The standard InChI is InChI=1S/C17H16N2O3S3/c1-10-8-9-13(23-10)15-11(2)24-17(18-15)19-16(20)12-6-4-5-7-14(12)25(3,21)22/h4-9H,1-3H3,(H,18,19,20). The Bertz CT molecular complexity index is 1050. The average molecular weight is 393 g/mol. The highest BCUT2D eigenvalue weighted by atomic mass is 32.2. The Balaban J connectivity index is 1.91. The third kappa shape index (κ3) is 3.81. The van der Waals surface area contributed by atoms with Crippen LogP contribution in [-0.2, 0) is 9.84 Å². The number of benzene rings is 1. The molecule has 0 bridgehead atoms. The van der Waals surface area contributed by atoms with E-state index in [1.165, 1.54) is 28.3 Å². The van der Waals surface area contributed by atoms with E-state index in [1.54, 1.807) is 23.5 Å². The summed E-state index contributed by atoms with van der Waals surface area (Å²) in [6.07, 6.45) is 1.09. The number of carbonyl (C=O) groups is 1. The molecule has 0 atom stereocenters. The highest BCUT2D eigenvalue weighted by molar-refractivity contribution is 7.90. The quantitative estimate of drug-likeness (QED) is 0.724. The molecular formula is C17H16N2O3S3. The lowest BCUT2D eigenvalue weighted by molar-refractivity contribution is 0.102. The molecule has 1 aromatic carbocycles. The van der Waals surface area contributed by atoms with Crippen LogP contribution in [-0.4, -0.2) is 25.6 Å². The van der Waals surface area contributed by atoms with Crippen molar-refractivity contribution in [1.82, 2.24) is 4.98 Å². The summed E-state index contributed by atoms with van der Waals surface area (Å²) in [7, 11) is -3.49. The maximum absolute atomic E-state index is 12.5. The lowest BCUT2D eigenvalue weighted by Gasteiger charge is -2.06. The van der Waals surface area contributed by atoms with Gasteiger partial charge in [0, 0.05) is 16.0 Å². The van der Waals surface area contributed by atoms with Crippen LogP contribution in [0.15, 0.2) is 41.3 Å². The van der Waals surface area contributed by atoms with E-state index in [0.717, 1.165) is 21.7 Å². The molecule has 0 spiro atoms. The number of thiazole rings is 1. The van der Waals surface area contributed by atoms with E-state index in [0.29, 0.717) is 5.13 Å². The molecule has 2 heterocycles. The number of amides is 1. The Hall–Kier alpha value is -2.03. The van der Waals surface area contributed by atoms with Crippen LogP contribution < -0.4 is 5.32 Å². The Kier molecular flexibility index (Phi) is 4.77. The molecule has 25 heavy (non-hydrogen) atoms. The van der Waals surface area contributed by atoms with Crippen molar-refractivity contribution >= 4 is 43.5 Å². The fourth-order valence-electron chi connectivity index (χ4n) is 2.38. The molecule has 5 nitrogen and oxygen atoms in total. The van der Waals surface area contributed by atoms with Crippen molar-refractivity contribution in [3.8, 4) is 10.6 Å². The van der Waals surface area contributed by atoms with E-state index in [1.807, 2.05) is 26.0 Å². The topological polar surface area (TPSA) is 76.1 Å². The molecule has 3 rings (SSSR count). The number of anilines is 1. The minimum absolute atomic E-state index is 0.00915. The zero-order chi connectivity index (χ0) is 18.2. The molecule has 0 aliphatic heterocycles. The van der Waals surface area contributed by atoms with Gasteiger partial charge in [0.05, 0.1) is 21.0 Å². The maximum Gasteiger partial charge on any atom is 0.258 e. The van der Waals surface area contributed by atoms with Gasteiger partial charge in [-0.3, -0.25) is 10.1 Å². The van der Waals surface area contributed by atoms with Gasteiger partial charge in [-0.2, -0.15) is 0 Å². The normalized spacial score (nSPS) is 11.5. The van der Waals surface area contributed by atoms with Gasteiger partial charge in [0.1, 0.15) is 0 Å². The van der Waals surface area contributed by atoms with E-state index in [9.17, 15) is 13.2 Å². The molecule has 0 saturated carbocycles. The van der Waals surface area contributed by atoms with Gasteiger partial charge in [-0.05, 0) is 38.1 Å². The maximum atomic E-state index is 12.5. The van der Waals surface area contributed by atoms with Gasteiger partial charge in [0.25, 0.3) is 5.91 Å². The first-order valence-corrected chi connectivity index (χ1v) is 10.9. The van der Waals surface area contributed by atoms with Crippen LogP contribution in [0.1, 0.15) is 20.1 Å². The van der Waals surface area contributed by atoms with E-state index in [4.69, 9.17) is 0 Å². The molecule has 130 valence electrons. The number of nitrogens with one attached hydrogen (secondary N) is 1. The predicted octanol–water partition coefficient (Wildman–Crippen LogP) is 4.14. The zero-order valence-corrected chi connectivity index (χ0v) is 16.3. The van der Waals surface area contributed by atoms with Crippen molar-refractivity contribution in [2.75, 3.05) is 11.6 Å². The summed E-state index contributed by atoms with van der Waals surface area (Å²) < 4.78 is 23.7. The molecule has 1 N–H and O–H groups in total. The molecule has 0 unspecified atom stereocenters. The summed E-state index contributed by atoms with van der Waals surface area (Å²) in [5.41, 5.74) is 0.959. The summed E-state index contributed by atoms with van der Waals surface area (Å²) in [5.74, 6) is -0.483. The van der Waals surface area contributed by atoms with Crippen LogP contribution in [0.25, 0.3) is 10.6 Å². The van der Waals surface area contributed by atoms with Crippen molar-refractivity contribution < 1.29 is 13.2 Å². The van der Waals surface area contributed by atoms with Crippen LogP contribution in [0.3, 0.4) is 0 Å². The first-order valence-electron chi connectivity index (χ1n) is 7.40. The van der Waals surface area contributed by atoms with Gasteiger partial charge in [-0.25, -0.2) is 13.4 Å². The van der Waals surface area contributed by atoms with E-state index >= 15 is 0 Å². The molecule has 3 aromatic rings. The lowest BCUT2D eigenvalue weighted by atomic mass is 10.2. The van der Waals surface area contributed by atoms with Crippen LogP contribution in [0.5, 0.6) is 0 Å². The third-order valence-electron chi connectivity index (χ3n) is 3.52. The minimum atomic E-state index is -3.49. The number of nitrogens with zero attached hydrogens (tertiary/aromatic N) is 1. The fourth-order valence-corrected chi connectivity index (χ4v) is 5.07. The number of aromatic nitrogens is 1. The van der Waals surface area contributed by atoms with Crippen LogP contribution in [0, 0.1) is 13.8 Å². The zero-order valence-electron chi connectivity index (χ0n) is 13.9. The molecule has 0 aliphatic carbocycles. The van der Waals surface area contributed by atoms with Crippen LogP contribution in [0.2, 0.25) is 0 Å². The van der Waals surface area contributed by atoms with Crippen LogP contribution in [0.4, 0.5) is 5.13 Å². The summed E-state index contributed by atoms with van der Waals surface area (Å²) in [6.45, 7) is 3.98. The van der Waals surface area contributed by atoms with E-state index in [2.05, 4.69) is 10.3 Å². The Morgan fingerprint density at radius 3 is 2.44 bits per heavy atom. The highest BCUT2D eigenvalue weighted by Gasteiger charge is 2.20. The van der Waals surface area contributed by atoms with Gasteiger partial charge in [-0.1, -0.05) is 12.1 Å². The molecule has 8 heteroatoms. The van der Waals surface area contributed by atoms with Gasteiger partial charge in [0.2, 0.25) is 0 Å². The number of rotatable bonds is 4. The molecule has 1 amide bonds. The summed E-state index contributed by atoms with van der Waals surface area (Å²) in [6, 6.07) is 10.2. The number of carbonyl (C=O) groups excluding carboxylic acids is 1. The van der Waals surface area contributed by atoms with Gasteiger partial charge >= 0.3 is 0 Å². The first-order chi connectivity index (χ1) is 11.8. The van der Waals surface area contributed by atoms with Crippen molar-refractivity contribution in [3.63, 3.8) is 0 Å². The van der Waals surface area contributed by atoms with Crippen molar-refractivity contribution in [3.05, 3.63) is 51.7 Å². The first kappa shape index (κ1) is 17.8. The van der Waals surface area contributed by atoms with Gasteiger partial charge < -0.3 is 0 Å². The number of aryl methyl sites for hydroxylation is 2. The molecule has 0 radical (unpaired) electrons. The van der Waals surface area contributed by atoms with Crippen molar-refractivity contribution in [1.29, 1.82) is 0 Å².